The molecule has 1 rings (SSSR count). The molecule has 4 nitrogen and oxygen atoms in total. The first-order valence-corrected chi connectivity index (χ1v) is 5.30. The lowest BCUT2D eigenvalue weighted by atomic mass is 10.0. The zero-order valence-corrected chi connectivity index (χ0v) is 10.0. The van der Waals surface area contributed by atoms with Crippen molar-refractivity contribution in [3.8, 4) is 5.75 Å². The van der Waals surface area contributed by atoms with Crippen molar-refractivity contribution in [1.29, 1.82) is 0 Å². The number of carbonyl (C=O) groups is 1. The summed E-state index contributed by atoms with van der Waals surface area (Å²) in [4.78, 5) is 11.1. The number of alkyl halides is 2. The van der Waals surface area contributed by atoms with E-state index in [0.29, 0.717) is 5.75 Å². The first-order chi connectivity index (χ1) is 8.43. The van der Waals surface area contributed by atoms with Crippen LogP contribution in [0.25, 0.3) is 0 Å². The molecule has 0 spiro atoms. The number of halogens is 2. The quantitative estimate of drug-likeness (QED) is 0.822. The molecule has 6 heteroatoms. The second-order valence-corrected chi connectivity index (χ2v) is 3.52. The fraction of sp³-hybridized carbons (Fsp3) is 0.417. The maximum atomic E-state index is 13.6. The zero-order chi connectivity index (χ0) is 13.8. The lowest BCUT2D eigenvalue weighted by Crippen LogP contribution is -2.37. The predicted molar refractivity (Wildman–Crippen MR) is 59.5 cm³/mol. The first-order valence-electron chi connectivity index (χ1n) is 5.30. The highest BCUT2D eigenvalue weighted by Crippen LogP contribution is 2.33. The third-order valence-corrected chi connectivity index (χ3v) is 2.30. The van der Waals surface area contributed by atoms with Crippen molar-refractivity contribution in [2.45, 2.75) is 19.0 Å². The molecule has 0 radical (unpaired) electrons. The van der Waals surface area contributed by atoms with Crippen molar-refractivity contribution in [3.05, 3.63) is 29.8 Å². The highest BCUT2D eigenvalue weighted by molar-refractivity contribution is 5.78. The minimum atomic E-state index is -4.00. The molecule has 1 N–H and O–H groups in total. The Morgan fingerprint density at radius 2 is 2.17 bits per heavy atom. The number of carbonyl (C=O) groups excluding carboxylic acids is 1. The van der Waals surface area contributed by atoms with Crippen LogP contribution in [0.5, 0.6) is 5.75 Å². The van der Waals surface area contributed by atoms with E-state index in [2.05, 4.69) is 4.74 Å². The number of rotatable bonds is 5. The van der Waals surface area contributed by atoms with Gasteiger partial charge in [0.1, 0.15) is 5.75 Å². The number of methoxy groups -OCH3 is 1. The molecule has 0 aliphatic rings. The standard InChI is InChI=1S/C12H14F2O4/c1-3-18-11(16)12(13,14)10(15)8-5-4-6-9(7-8)17-2/h4-7,10,15H,3H2,1-2H3. The Kier molecular flexibility index (Phi) is 4.61. The number of hydrogen-bond donors (Lipinski definition) is 1. The van der Waals surface area contributed by atoms with Crippen LogP contribution in [0.15, 0.2) is 24.3 Å². The normalized spacial score (nSPS) is 12.9. The maximum Gasteiger partial charge on any atom is 0.380 e. The van der Waals surface area contributed by atoms with Gasteiger partial charge in [-0.2, -0.15) is 8.78 Å². The highest BCUT2D eigenvalue weighted by atomic mass is 19.3. The smallest absolute Gasteiger partial charge is 0.380 e. The van der Waals surface area contributed by atoms with E-state index in [1.165, 1.54) is 32.2 Å². The lowest BCUT2D eigenvalue weighted by molar-refractivity contribution is -0.189. The van der Waals surface area contributed by atoms with Gasteiger partial charge in [0, 0.05) is 0 Å². The molecule has 0 amide bonds. The van der Waals surface area contributed by atoms with Crippen LogP contribution in [0.4, 0.5) is 8.78 Å². The second kappa shape index (κ2) is 5.77. The largest absolute Gasteiger partial charge is 0.497 e. The first kappa shape index (κ1) is 14.4. The van der Waals surface area contributed by atoms with Gasteiger partial charge in [-0.25, -0.2) is 4.79 Å². The van der Waals surface area contributed by atoms with Crippen molar-refractivity contribution in [1.82, 2.24) is 0 Å². The Bertz CT molecular complexity index is 420. The summed E-state index contributed by atoms with van der Waals surface area (Å²) in [5, 5.41) is 9.56. The van der Waals surface area contributed by atoms with Gasteiger partial charge in [-0.05, 0) is 24.6 Å². The summed E-state index contributed by atoms with van der Waals surface area (Å²) in [5.41, 5.74) is -0.118. The molecule has 0 aliphatic carbocycles. The van der Waals surface area contributed by atoms with E-state index < -0.39 is 18.0 Å². The summed E-state index contributed by atoms with van der Waals surface area (Å²) in [6.07, 6.45) is -2.27. The van der Waals surface area contributed by atoms with E-state index in [9.17, 15) is 18.7 Å². The van der Waals surface area contributed by atoms with Crippen molar-refractivity contribution < 1.29 is 28.2 Å². The molecular weight excluding hydrogens is 246 g/mol. The van der Waals surface area contributed by atoms with E-state index >= 15 is 0 Å². The Hall–Kier alpha value is -1.69. The van der Waals surface area contributed by atoms with Crippen LogP contribution in [0.3, 0.4) is 0 Å². The number of ether oxygens (including phenoxy) is 2. The van der Waals surface area contributed by atoms with Crippen molar-refractivity contribution >= 4 is 5.97 Å². The third kappa shape index (κ3) is 2.95. The van der Waals surface area contributed by atoms with Gasteiger partial charge in [-0.15, -0.1) is 0 Å². The van der Waals surface area contributed by atoms with Crippen LogP contribution in [0, 0.1) is 0 Å². The van der Waals surface area contributed by atoms with Crippen LogP contribution in [-0.2, 0) is 9.53 Å². The molecule has 18 heavy (non-hydrogen) atoms. The van der Waals surface area contributed by atoms with Crippen LogP contribution < -0.4 is 4.74 Å². The van der Waals surface area contributed by atoms with E-state index in [-0.39, 0.29) is 12.2 Å². The van der Waals surface area contributed by atoms with Crippen LogP contribution in [0.2, 0.25) is 0 Å². The molecule has 100 valence electrons. The monoisotopic (exact) mass is 260 g/mol. The molecule has 0 bridgehead atoms. The average Bonchev–Trinajstić information content (AvgIpc) is 2.38. The molecule has 1 atom stereocenters. The molecule has 1 aromatic carbocycles. The van der Waals surface area contributed by atoms with Crippen LogP contribution >= 0.6 is 0 Å². The van der Waals surface area contributed by atoms with E-state index in [0.717, 1.165) is 0 Å². The molecule has 0 fully saturated rings. The van der Waals surface area contributed by atoms with Crippen molar-refractivity contribution in [3.63, 3.8) is 0 Å². The van der Waals surface area contributed by atoms with Gasteiger partial charge in [0.25, 0.3) is 0 Å². The van der Waals surface area contributed by atoms with E-state index in [1.54, 1.807) is 6.07 Å². The minimum Gasteiger partial charge on any atom is -0.497 e. The zero-order valence-electron chi connectivity index (χ0n) is 10.0. The van der Waals surface area contributed by atoms with Gasteiger partial charge in [0.05, 0.1) is 13.7 Å². The van der Waals surface area contributed by atoms with Crippen molar-refractivity contribution in [2.24, 2.45) is 0 Å². The fourth-order valence-electron chi connectivity index (χ4n) is 1.36. The molecule has 1 aromatic rings. The molecule has 0 saturated heterocycles. The van der Waals surface area contributed by atoms with Crippen molar-refractivity contribution in [2.75, 3.05) is 13.7 Å². The SMILES string of the molecule is CCOC(=O)C(F)(F)C(O)c1cccc(OC)c1. The summed E-state index contributed by atoms with van der Waals surface area (Å²) in [7, 11) is 1.37. The van der Waals surface area contributed by atoms with Gasteiger partial charge in [-0.3, -0.25) is 0 Å². The molecule has 0 saturated carbocycles. The van der Waals surface area contributed by atoms with Gasteiger partial charge in [-0.1, -0.05) is 12.1 Å². The predicted octanol–water partition coefficient (Wildman–Crippen LogP) is 1.93. The fourth-order valence-corrected chi connectivity index (χ4v) is 1.36. The Balaban J connectivity index is 2.97. The summed E-state index contributed by atoms with van der Waals surface area (Å²) >= 11 is 0. The molecule has 0 heterocycles. The van der Waals surface area contributed by atoms with Crippen LogP contribution in [0.1, 0.15) is 18.6 Å². The minimum absolute atomic E-state index is 0.118. The molecule has 0 aromatic heterocycles. The lowest BCUT2D eigenvalue weighted by Gasteiger charge is -2.21. The number of aliphatic hydroxyl groups excluding tert-OH is 1. The van der Waals surface area contributed by atoms with E-state index in [1.807, 2.05) is 0 Å². The third-order valence-electron chi connectivity index (χ3n) is 2.30. The van der Waals surface area contributed by atoms with Gasteiger partial charge >= 0.3 is 11.9 Å². The summed E-state index contributed by atoms with van der Waals surface area (Å²) in [5.74, 6) is -5.44. The highest BCUT2D eigenvalue weighted by Gasteiger charge is 2.49. The van der Waals surface area contributed by atoms with Gasteiger partial charge < -0.3 is 14.6 Å². The summed E-state index contributed by atoms with van der Waals surface area (Å²) in [6.45, 7) is 1.23. The second-order valence-electron chi connectivity index (χ2n) is 3.52. The van der Waals surface area contributed by atoms with Crippen LogP contribution in [-0.4, -0.2) is 30.7 Å². The number of aliphatic hydroxyl groups is 1. The number of esters is 1. The summed E-state index contributed by atoms with van der Waals surface area (Å²) in [6, 6.07) is 5.50. The van der Waals surface area contributed by atoms with Gasteiger partial charge in [0.2, 0.25) is 0 Å². The Morgan fingerprint density at radius 1 is 1.50 bits per heavy atom. The maximum absolute atomic E-state index is 13.6. The average molecular weight is 260 g/mol. The topological polar surface area (TPSA) is 55.8 Å². The number of hydrogen-bond acceptors (Lipinski definition) is 4. The summed E-state index contributed by atoms with van der Waals surface area (Å²) < 4.78 is 36.2. The molecule has 1 unspecified atom stereocenters. The number of benzene rings is 1. The van der Waals surface area contributed by atoms with E-state index in [4.69, 9.17) is 4.74 Å². The molecule has 0 aliphatic heterocycles. The Labute approximate surface area is 103 Å². The van der Waals surface area contributed by atoms with Gasteiger partial charge in [0.15, 0.2) is 6.10 Å². The Morgan fingerprint density at radius 3 is 2.72 bits per heavy atom. The molecular formula is C12H14F2O4.